The summed E-state index contributed by atoms with van der Waals surface area (Å²) in [5.41, 5.74) is 7.31. The molecule has 0 unspecified atom stereocenters. The third-order valence-electron chi connectivity index (χ3n) is 15.2. The molecule has 5 aliphatic rings. The van der Waals surface area contributed by atoms with Gasteiger partial charge in [-0.25, -0.2) is 4.79 Å². The maximum Gasteiger partial charge on any atom is 0.331 e. The van der Waals surface area contributed by atoms with E-state index in [2.05, 4.69) is 18.0 Å². The van der Waals surface area contributed by atoms with E-state index in [-0.39, 0.29) is 66.7 Å². The normalized spacial score (nSPS) is 39.8. The lowest BCUT2D eigenvalue weighted by Crippen LogP contribution is -2.71. The van der Waals surface area contributed by atoms with Crippen molar-refractivity contribution in [2.24, 2.45) is 67.7 Å². The number of benzene rings is 1. The molecule has 0 aliphatic heterocycles. The molecule has 10 heteroatoms. The second kappa shape index (κ2) is 12.5. The molecule has 0 aromatic heterocycles. The van der Waals surface area contributed by atoms with Crippen LogP contribution in [0.1, 0.15) is 92.6 Å². The number of Topliss-reactive ketones (excluding diaryl/α,β-unsaturated/α-hetero) is 2. The second-order valence-corrected chi connectivity index (χ2v) is 17.9. The molecular weight excluding hydrogens is 658 g/mol. The fraction of sp³-hybridized carbons (Fsp3) is 0.619. The SMILES string of the molecule is C/C(=C\[C@@H](O)[C@@H](CN=C(N)N)[C@@H](C)[C@H]1C[C@@]2(O)CC[C@]3(O)C4=C(C(=O)C[C@@]1(C)[C@]42C)[C@@]1(C)CCC(=O)C(C)(C)[C@H]1[C@@H]3/C=C/c1ccccc1)C(=O)O. The van der Waals surface area contributed by atoms with E-state index in [1.165, 1.54) is 13.0 Å². The van der Waals surface area contributed by atoms with Crippen molar-refractivity contribution < 1.29 is 34.8 Å². The van der Waals surface area contributed by atoms with Gasteiger partial charge in [0, 0.05) is 58.6 Å². The number of rotatable bonds is 9. The summed E-state index contributed by atoms with van der Waals surface area (Å²) in [7, 11) is 0. The van der Waals surface area contributed by atoms with Crippen LogP contribution in [-0.4, -0.2) is 67.8 Å². The van der Waals surface area contributed by atoms with Crippen molar-refractivity contribution in [1.82, 2.24) is 0 Å². The van der Waals surface area contributed by atoms with Gasteiger partial charge in [0.25, 0.3) is 0 Å². The maximum absolute atomic E-state index is 15.1. The largest absolute Gasteiger partial charge is 0.478 e. The number of guanidine groups is 1. The number of aliphatic imine (C=N–C) groups is 1. The average molecular weight is 716 g/mol. The zero-order chi connectivity index (χ0) is 38.4. The van der Waals surface area contributed by atoms with Crippen LogP contribution in [0.25, 0.3) is 6.08 Å². The number of fused-ring (bicyclic) bond motifs is 2. The topological polar surface area (TPSA) is 197 Å². The first-order valence-corrected chi connectivity index (χ1v) is 18.8. The Balaban J connectivity index is 1.56. The molecule has 0 saturated heterocycles. The van der Waals surface area contributed by atoms with E-state index in [1.54, 1.807) is 0 Å². The Labute approximate surface area is 307 Å². The van der Waals surface area contributed by atoms with Gasteiger partial charge in [-0.1, -0.05) is 84.0 Å². The van der Waals surface area contributed by atoms with E-state index in [0.29, 0.717) is 30.4 Å². The van der Waals surface area contributed by atoms with Gasteiger partial charge >= 0.3 is 5.97 Å². The lowest BCUT2D eigenvalue weighted by molar-refractivity contribution is -0.190. The Morgan fingerprint density at radius 3 is 2.31 bits per heavy atom. The number of nitrogens with two attached hydrogens (primary N) is 2. The molecule has 11 atom stereocenters. The zero-order valence-corrected chi connectivity index (χ0v) is 31.6. The van der Waals surface area contributed by atoms with Crippen molar-refractivity contribution in [2.45, 2.75) is 104 Å². The third-order valence-corrected chi connectivity index (χ3v) is 15.2. The first-order chi connectivity index (χ1) is 24.1. The van der Waals surface area contributed by atoms with E-state index in [1.807, 2.05) is 71.0 Å². The minimum Gasteiger partial charge on any atom is -0.478 e. The highest BCUT2D eigenvalue weighted by molar-refractivity contribution is 6.01. The molecule has 0 bridgehead atoms. The van der Waals surface area contributed by atoms with Crippen LogP contribution in [0.2, 0.25) is 0 Å². The number of ketones is 2. The number of nitrogens with zero attached hydrogens (tertiary/aromatic N) is 1. The van der Waals surface area contributed by atoms with E-state index in [4.69, 9.17) is 11.5 Å². The lowest BCUT2D eigenvalue weighted by Gasteiger charge is -2.69. The monoisotopic (exact) mass is 715 g/mol. The first kappa shape index (κ1) is 38.1. The van der Waals surface area contributed by atoms with Crippen molar-refractivity contribution >= 4 is 29.6 Å². The molecule has 1 aromatic rings. The number of allylic oxidation sites excluding steroid dienone is 1. The van der Waals surface area contributed by atoms with E-state index in [9.17, 15) is 30.0 Å². The van der Waals surface area contributed by atoms with Crippen LogP contribution in [0.15, 0.2) is 64.2 Å². The minimum absolute atomic E-state index is 0.0108. The van der Waals surface area contributed by atoms with Crippen LogP contribution < -0.4 is 11.5 Å². The van der Waals surface area contributed by atoms with Crippen molar-refractivity contribution in [2.75, 3.05) is 6.54 Å². The van der Waals surface area contributed by atoms with Crippen LogP contribution >= 0.6 is 0 Å². The zero-order valence-electron chi connectivity index (χ0n) is 31.6. The summed E-state index contributed by atoms with van der Waals surface area (Å²) in [6.45, 7) is 13.5. The predicted octanol–water partition coefficient (Wildman–Crippen LogP) is 4.82. The molecule has 0 heterocycles. The molecule has 0 spiro atoms. The molecule has 8 N–H and O–H groups in total. The summed E-state index contributed by atoms with van der Waals surface area (Å²) in [6, 6.07) is 9.85. The molecule has 0 amide bonds. The molecule has 3 saturated carbocycles. The Kier molecular flexibility index (Phi) is 9.16. The fourth-order valence-electron chi connectivity index (χ4n) is 12.4. The summed E-state index contributed by atoms with van der Waals surface area (Å²) < 4.78 is 0. The third kappa shape index (κ3) is 5.22. The molecule has 52 heavy (non-hydrogen) atoms. The molecule has 1 aromatic carbocycles. The van der Waals surface area contributed by atoms with E-state index in [0.717, 1.165) is 5.56 Å². The van der Waals surface area contributed by atoms with Crippen LogP contribution in [0.3, 0.4) is 0 Å². The summed E-state index contributed by atoms with van der Waals surface area (Å²) >= 11 is 0. The number of carbonyl (C=O) groups excluding carboxylic acids is 2. The number of hydrogen-bond acceptors (Lipinski definition) is 7. The molecule has 5 aliphatic carbocycles. The molecule has 6 rings (SSSR count). The molecule has 3 fully saturated rings. The Bertz CT molecular complexity index is 1790. The standard InChI is InChI=1S/C42H57N3O7/c1-23(35(49)50)19-29(46)26(22-45-36(43)44)24(2)28-20-41(51)17-18-42(52)27(14-13-25-11-9-8-10-12-25)33-37(3,4)31(48)15-16-38(33,5)32-30(47)21-39(28,6)40(41,7)34(32)42/h8-14,19,24,26-29,33,46,51-52H,15-18,20-22H2,1-7H3,(H,49,50)(H4,43,44,45)/b14-13+,23-19+/t24-,26+,27+,28-,29-,33-,38-,39-,40+,41+,42-/m1/s1. The predicted molar refractivity (Wildman–Crippen MR) is 199 cm³/mol. The van der Waals surface area contributed by atoms with Gasteiger partial charge in [0.05, 0.1) is 17.3 Å². The van der Waals surface area contributed by atoms with Gasteiger partial charge in [-0.15, -0.1) is 0 Å². The van der Waals surface area contributed by atoms with Crippen molar-refractivity contribution in [3.8, 4) is 0 Å². The van der Waals surface area contributed by atoms with Crippen LogP contribution in [0, 0.1) is 51.2 Å². The Morgan fingerprint density at radius 2 is 1.69 bits per heavy atom. The minimum atomic E-state index is -1.52. The number of carbonyl (C=O) groups is 3. The summed E-state index contributed by atoms with van der Waals surface area (Å²) in [4.78, 5) is 44.8. The lowest BCUT2D eigenvalue weighted by atomic mass is 9.35. The molecule has 10 nitrogen and oxygen atoms in total. The molecule has 282 valence electrons. The summed E-state index contributed by atoms with van der Waals surface area (Å²) in [5, 5.41) is 47.6. The van der Waals surface area contributed by atoms with Gasteiger partial charge in [-0.05, 0) is 73.0 Å². The van der Waals surface area contributed by atoms with Crippen molar-refractivity contribution in [3.05, 3.63) is 64.8 Å². The average Bonchev–Trinajstić information content (AvgIpc) is 3.24. The number of carboxylic acid groups (broad SMARTS) is 1. The summed E-state index contributed by atoms with van der Waals surface area (Å²) in [6.07, 6.45) is 5.85. The second-order valence-electron chi connectivity index (χ2n) is 17.9. The number of aliphatic carboxylic acids is 1. The van der Waals surface area contributed by atoms with E-state index >= 15 is 4.79 Å². The van der Waals surface area contributed by atoms with Gasteiger partial charge in [0.15, 0.2) is 11.7 Å². The van der Waals surface area contributed by atoms with Gasteiger partial charge in [0.1, 0.15) is 5.78 Å². The van der Waals surface area contributed by atoms with Gasteiger partial charge in [-0.2, -0.15) is 0 Å². The number of carboxylic acids is 1. The maximum atomic E-state index is 15.1. The van der Waals surface area contributed by atoms with Crippen LogP contribution in [0.4, 0.5) is 0 Å². The van der Waals surface area contributed by atoms with Crippen LogP contribution in [0.5, 0.6) is 0 Å². The fourth-order valence-corrected chi connectivity index (χ4v) is 12.4. The quantitative estimate of drug-likeness (QED) is 0.118. The number of aliphatic hydroxyl groups excluding tert-OH is 1. The number of hydrogen-bond donors (Lipinski definition) is 6. The Morgan fingerprint density at radius 1 is 1.04 bits per heavy atom. The smallest absolute Gasteiger partial charge is 0.331 e. The van der Waals surface area contributed by atoms with E-state index < -0.39 is 56.8 Å². The number of aliphatic hydroxyl groups is 3. The van der Waals surface area contributed by atoms with Gasteiger partial charge < -0.3 is 31.9 Å². The summed E-state index contributed by atoms with van der Waals surface area (Å²) in [5.74, 6) is -3.53. The highest BCUT2D eigenvalue weighted by atomic mass is 16.4. The van der Waals surface area contributed by atoms with Gasteiger partial charge in [-0.3, -0.25) is 14.6 Å². The van der Waals surface area contributed by atoms with Crippen molar-refractivity contribution in [1.29, 1.82) is 0 Å². The molecular formula is C42H57N3O7. The highest BCUT2D eigenvalue weighted by Crippen LogP contribution is 2.79. The van der Waals surface area contributed by atoms with Crippen molar-refractivity contribution in [3.63, 3.8) is 0 Å². The van der Waals surface area contributed by atoms with Crippen LogP contribution in [-0.2, 0) is 14.4 Å². The first-order valence-electron chi connectivity index (χ1n) is 18.8. The Hall–Kier alpha value is -3.60. The molecule has 0 radical (unpaired) electrons. The van der Waals surface area contributed by atoms with Gasteiger partial charge in [0.2, 0.25) is 0 Å². The highest BCUT2D eigenvalue weighted by Gasteiger charge is 2.79.